The van der Waals surface area contributed by atoms with Crippen LogP contribution in [0.15, 0.2) is 126 Å². The van der Waals surface area contributed by atoms with E-state index < -0.39 is 91.1 Å². The maximum atomic E-state index is 13.8. The summed E-state index contributed by atoms with van der Waals surface area (Å²) in [6, 6.07) is 31.5. The molecule has 6 rings (SSSR count). The number of ether oxygens (including phenoxy) is 8. The smallest absolute Gasteiger partial charge is 0.410 e. The number of nitrogens with zero attached hydrogens (tertiary/aromatic N) is 4. The van der Waals surface area contributed by atoms with Crippen LogP contribution in [0.3, 0.4) is 0 Å². The average molecular weight is 951 g/mol. The molecule has 2 aliphatic rings. The fourth-order valence-corrected chi connectivity index (χ4v) is 7.98. The molecule has 1 saturated carbocycles. The Morgan fingerprint density at radius 1 is 0.594 bits per heavy atom. The van der Waals surface area contributed by atoms with Crippen LogP contribution in [0.2, 0.25) is 0 Å². The molecule has 4 aromatic carbocycles. The maximum absolute atomic E-state index is 13.8. The van der Waals surface area contributed by atoms with Gasteiger partial charge in [-0.15, -0.1) is 0 Å². The Bertz CT molecular complexity index is 2380. The monoisotopic (exact) mass is 950 g/mol. The van der Waals surface area contributed by atoms with Crippen molar-refractivity contribution < 1.29 is 66.7 Å². The van der Waals surface area contributed by atoms with E-state index >= 15 is 0 Å². The first-order valence-corrected chi connectivity index (χ1v) is 22.2. The van der Waals surface area contributed by atoms with Gasteiger partial charge in [0.05, 0.1) is 18.7 Å². The second kappa shape index (κ2) is 25.5. The molecule has 1 aliphatic carbocycles. The van der Waals surface area contributed by atoms with Crippen LogP contribution in [0, 0.1) is 0 Å². The van der Waals surface area contributed by atoms with Crippen LogP contribution in [0.4, 0.5) is 14.4 Å². The van der Waals surface area contributed by atoms with E-state index in [1.807, 2.05) is 60.7 Å². The average Bonchev–Trinajstić information content (AvgIpc) is 3.34. The summed E-state index contributed by atoms with van der Waals surface area (Å²) in [5.41, 5.74) is 12.5. The normalized spacial score (nSPS) is 22.8. The molecule has 1 unspecified atom stereocenters. The second-order valence-electron chi connectivity index (χ2n) is 16.2. The lowest BCUT2D eigenvalue weighted by Gasteiger charge is -2.50. The molecule has 0 spiro atoms. The zero-order valence-electron chi connectivity index (χ0n) is 38.2. The van der Waals surface area contributed by atoms with Gasteiger partial charge < -0.3 is 53.4 Å². The van der Waals surface area contributed by atoms with Gasteiger partial charge >= 0.3 is 36.2 Å². The lowest BCUT2D eigenvalue weighted by molar-refractivity contribution is -0.271. The zero-order valence-corrected chi connectivity index (χ0v) is 38.2. The highest BCUT2D eigenvalue weighted by atomic mass is 16.7. The first-order chi connectivity index (χ1) is 33.4. The van der Waals surface area contributed by atoms with Crippen molar-refractivity contribution in [1.29, 1.82) is 0 Å². The van der Waals surface area contributed by atoms with Gasteiger partial charge in [0, 0.05) is 32.2 Å². The molecular formula is C49H54N6O14. The van der Waals surface area contributed by atoms with Crippen molar-refractivity contribution in [3.05, 3.63) is 154 Å². The molecule has 1 saturated heterocycles. The Kier molecular flexibility index (Phi) is 18.7. The number of azide groups is 1. The van der Waals surface area contributed by atoms with E-state index in [-0.39, 0.29) is 45.8 Å². The van der Waals surface area contributed by atoms with Crippen LogP contribution in [-0.4, -0.2) is 103 Å². The number of nitrogens with one attached hydrogen (secondary N) is 2. The van der Waals surface area contributed by atoms with E-state index in [0.29, 0.717) is 11.1 Å². The number of amides is 3. The molecule has 2 fully saturated rings. The Labute approximate surface area is 398 Å². The molecule has 69 heavy (non-hydrogen) atoms. The summed E-state index contributed by atoms with van der Waals surface area (Å²) < 4.78 is 47.5. The van der Waals surface area contributed by atoms with E-state index in [4.69, 9.17) is 37.9 Å². The summed E-state index contributed by atoms with van der Waals surface area (Å²) in [6.07, 6.45) is -11.4. The molecular weight excluding hydrogens is 897 g/mol. The lowest BCUT2D eigenvalue weighted by atomic mass is 9.80. The molecule has 20 heteroatoms. The van der Waals surface area contributed by atoms with E-state index in [2.05, 4.69) is 20.7 Å². The van der Waals surface area contributed by atoms with Gasteiger partial charge in [-0.3, -0.25) is 14.4 Å². The van der Waals surface area contributed by atoms with Crippen molar-refractivity contribution in [1.82, 2.24) is 15.5 Å². The van der Waals surface area contributed by atoms with Gasteiger partial charge in [0.2, 0.25) is 0 Å². The molecule has 0 bridgehead atoms. The van der Waals surface area contributed by atoms with Crippen molar-refractivity contribution in [2.45, 2.75) is 115 Å². The van der Waals surface area contributed by atoms with Gasteiger partial charge in [0.1, 0.15) is 44.1 Å². The highest BCUT2D eigenvalue weighted by Crippen LogP contribution is 2.35. The molecule has 0 radical (unpaired) electrons. The predicted octanol–water partition coefficient (Wildman–Crippen LogP) is 6.79. The molecule has 2 N–H and O–H groups in total. The predicted molar refractivity (Wildman–Crippen MR) is 243 cm³/mol. The van der Waals surface area contributed by atoms with Crippen LogP contribution in [0.25, 0.3) is 10.4 Å². The molecule has 364 valence electrons. The number of esters is 3. The van der Waals surface area contributed by atoms with Gasteiger partial charge in [0.25, 0.3) is 0 Å². The summed E-state index contributed by atoms with van der Waals surface area (Å²) in [6.45, 7) is 2.89. The van der Waals surface area contributed by atoms with E-state index in [0.717, 1.165) is 31.9 Å². The van der Waals surface area contributed by atoms with Gasteiger partial charge in [-0.1, -0.05) is 126 Å². The van der Waals surface area contributed by atoms with E-state index in [9.17, 15) is 34.3 Å². The standard InChI is InChI=1S/C49H54N6O14/c1-31(56)65-42-40(51-47(59)62-28-35-18-10-5-11-19-35)43(66-32(2)57)45(67-33(3)58)44(41(42)52-48(60)63-29-36-20-12-6-13-21-36)69-46-39(53-54-50)25-24-38(68-46)27-55(26-34-16-8-4-9-17-34)49(61)64-30-37-22-14-7-15-23-37/h4-23,38-46H,24-30H2,1-3H3,(H,51,59)(H,52,60)/t38-,39+,40+,41-,42+,43-,44+,45+,46?/m0/s1. The number of alkyl carbamates (subject to hydrolysis) is 2. The van der Waals surface area contributed by atoms with Crippen molar-refractivity contribution in [3.8, 4) is 0 Å². The third-order valence-corrected chi connectivity index (χ3v) is 11.0. The fourth-order valence-electron chi connectivity index (χ4n) is 7.98. The summed E-state index contributed by atoms with van der Waals surface area (Å²) in [4.78, 5) is 84.7. The Morgan fingerprint density at radius 3 is 1.51 bits per heavy atom. The molecule has 20 nitrogen and oxygen atoms in total. The fraction of sp³-hybridized carbons (Fsp3) is 0.388. The Balaban J connectivity index is 1.35. The number of hydrogen-bond acceptors (Lipinski definition) is 15. The van der Waals surface area contributed by atoms with Crippen LogP contribution in [0.1, 0.15) is 55.9 Å². The van der Waals surface area contributed by atoms with Crippen LogP contribution < -0.4 is 10.6 Å². The van der Waals surface area contributed by atoms with Gasteiger partial charge in [-0.2, -0.15) is 0 Å². The maximum Gasteiger partial charge on any atom is 0.410 e. The number of carbonyl (C=O) groups is 6. The minimum Gasteiger partial charge on any atom is -0.458 e. The Hall–Kier alpha value is -7.67. The zero-order chi connectivity index (χ0) is 49.1. The van der Waals surface area contributed by atoms with Crippen molar-refractivity contribution in [2.75, 3.05) is 6.54 Å². The summed E-state index contributed by atoms with van der Waals surface area (Å²) in [5.74, 6) is -2.72. The number of carbonyl (C=O) groups excluding carboxylic acids is 6. The van der Waals surface area contributed by atoms with Crippen LogP contribution >= 0.6 is 0 Å². The van der Waals surface area contributed by atoms with Gasteiger partial charge in [0.15, 0.2) is 18.5 Å². The SMILES string of the molecule is CC(=O)O[C@@H]1[C@@H](NC(=O)OCc2ccccc2)[C@H](OC(C)=O)[C@@H](OC(C)=O)[C@H](OC2O[C@H](CN(Cc3ccccc3)C(=O)OCc3ccccc3)CC[C@H]2N=[N+]=[N-])[C@H]1NC(=O)OCc1ccccc1. The molecule has 3 amide bonds. The second-order valence-corrected chi connectivity index (χ2v) is 16.2. The molecule has 4 aromatic rings. The van der Waals surface area contributed by atoms with Crippen molar-refractivity contribution in [2.24, 2.45) is 5.11 Å². The highest BCUT2D eigenvalue weighted by molar-refractivity contribution is 5.72. The lowest BCUT2D eigenvalue weighted by Crippen LogP contribution is -2.74. The quantitative estimate of drug-likeness (QED) is 0.0342. The number of benzene rings is 4. The topological polar surface area (TPSA) is 252 Å². The number of hydrogen-bond donors (Lipinski definition) is 2. The van der Waals surface area contributed by atoms with E-state index in [1.165, 1.54) is 4.90 Å². The minimum absolute atomic E-state index is 0.00380. The van der Waals surface area contributed by atoms with Crippen LogP contribution in [0.5, 0.6) is 0 Å². The highest BCUT2D eigenvalue weighted by Gasteiger charge is 2.59. The van der Waals surface area contributed by atoms with Crippen LogP contribution in [-0.2, 0) is 78.6 Å². The van der Waals surface area contributed by atoms with E-state index in [1.54, 1.807) is 60.7 Å². The first-order valence-electron chi connectivity index (χ1n) is 22.2. The van der Waals surface area contributed by atoms with Gasteiger partial charge in [-0.05, 0) is 40.6 Å². The Morgan fingerprint density at radius 2 is 1.03 bits per heavy atom. The number of rotatable bonds is 18. The van der Waals surface area contributed by atoms with Crippen molar-refractivity contribution in [3.63, 3.8) is 0 Å². The van der Waals surface area contributed by atoms with Gasteiger partial charge in [-0.25, -0.2) is 14.4 Å². The molecule has 0 aromatic heterocycles. The first kappa shape index (κ1) is 50.7. The molecule has 1 aliphatic heterocycles. The summed E-state index contributed by atoms with van der Waals surface area (Å²) >= 11 is 0. The summed E-state index contributed by atoms with van der Waals surface area (Å²) in [7, 11) is 0. The third kappa shape index (κ3) is 15.4. The summed E-state index contributed by atoms with van der Waals surface area (Å²) in [5, 5.41) is 9.20. The van der Waals surface area contributed by atoms with Crippen molar-refractivity contribution >= 4 is 36.2 Å². The minimum atomic E-state index is -1.71. The third-order valence-electron chi connectivity index (χ3n) is 11.0. The molecule has 9 atom stereocenters. The molecule has 1 heterocycles. The largest absolute Gasteiger partial charge is 0.458 e.